The number of nitrogens with zero attached hydrogens (tertiary/aromatic N) is 2. The largest absolute Gasteiger partial charge is 0.495 e. The molecule has 1 N–H and O–H groups in total. The molecule has 2 aliphatic rings. The van der Waals surface area contributed by atoms with Crippen molar-refractivity contribution >= 4 is 68.2 Å². The second kappa shape index (κ2) is 9.72. The van der Waals surface area contributed by atoms with Gasteiger partial charge in [-0.3, -0.25) is 4.31 Å². The van der Waals surface area contributed by atoms with Crippen LogP contribution in [0.5, 0.6) is 5.75 Å². The van der Waals surface area contributed by atoms with Crippen LogP contribution in [-0.4, -0.2) is 54.5 Å². The molecule has 0 amide bonds. The van der Waals surface area contributed by atoms with Gasteiger partial charge < -0.3 is 15.0 Å². The molecule has 0 spiro atoms. The second-order valence-corrected chi connectivity index (χ2v) is 10.9. The smallest absolute Gasteiger partial charge is 0.264 e. The Morgan fingerprint density at radius 3 is 2.50 bits per heavy atom. The first-order valence-electron chi connectivity index (χ1n) is 9.48. The van der Waals surface area contributed by atoms with Gasteiger partial charge in [-0.2, -0.15) is 0 Å². The van der Waals surface area contributed by atoms with Crippen molar-refractivity contribution in [3.8, 4) is 5.75 Å². The van der Waals surface area contributed by atoms with Crippen molar-refractivity contribution in [1.82, 2.24) is 5.32 Å². The summed E-state index contributed by atoms with van der Waals surface area (Å²) in [5.41, 5.74) is 2.72. The van der Waals surface area contributed by atoms with Crippen LogP contribution in [0.15, 0.2) is 40.1 Å². The molecule has 4 rings (SSSR count). The highest BCUT2D eigenvalue weighted by atomic mass is 127. The first-order chi connectivity index (χ1) is 14.0. The molecule has 0 atom stereocenters. The molecule has 0 radical (unpaired) electrons. The molecule has 10 heteroatoms. The molecule has 2 heterocycles. The van der Waals surface area contributed by atoms with Gasteiger partial charge in [0, 0.05) is 41.2 Å². The predicted molar refractivity (Wildman–Crippen MR) is 135 cm³/mol. The zero-order valence-electron chi connectivity index (χ0n) is 16.9. The molecule has 1 fully saturated rings. The Morgan fingerprint density at radius 1 is 1.10 bits per heavy atom. The molecule has 1 saturated heterocycles. The third-order valence-electron chi connectivity index (χ3n) is 5.40. The Hall–Kier alpha value is -0.880. The average molecular weight is 582 g/mol. The summed E-state index contributed by atoms with van der Waals surface area (Å²) in [5.74, 6) is 0.701. The number of rotatable bonds is 5. The van der Waals surface area contributed by atoms with Crippen LogP contribution in [0.2, 0.25) is 0 Å². The zero-order chi connectivity index (χ0) is 20.6. The highest BCUT2D eigenvalue weighted by Crippen LogP contribution is 2.39. The summed E-state index contributed by atoms with van der Waals surface area (Å²) in [5, 5.41) is 3.33. The maximum atomic E-state index is 13.5. The normalized spacial score (nSPS) is 16.2. The monoisotopic (exact) mass is 581 g/mol. The van der Waals surface area contributed by atoms with E-state index in [2.05, 4.69) is 38.9 Å². The van der Waals surface area contributed by atoms with Crippen molar-refractivity contribution in [1.29, 1.82) is 0 Å². The maximum Gasteiger partial charge on any atom is 0.264 e. The van der Waals surface area contributed by atoms with Crippen LogP contribution in [0, 0.1) is 3.57 Å². The van der Waals surface area contributed by atoms with E-state index in [1.807, 2.05) is 12.3 Å². The first-order valence-corrected chi connectivity index (χ1v) is 13.2. The lowest BCUT2D eigenvalue weighted by atomic mass is 10.2. The molecule has 30 heavy (non-hydrogen) atoms. The summed E-state index contributed by atoms with van der Waals surface area (Å²) in [4.78, 5) is 3.68. The minimum absolute atomic E-state index is 0. The number of fused-ring (bicyclic) bond motifs is 1. The minimum Gasteiger partial charge on any atom is -0.495 e. The van der Waals surface area contributed by atoms with Crippen LogP contribution >= 0.6 is 46.8 Å². The molecule has 2 aliphatic heterocycles. The van der Waals surface area contributed by atoms with E-state index in [4.69, 9.17) is 4.74 Å². The minimum atomic E-state index is -3.65. The van der Waals surface area contributed by atoms with Crippen molar-refractivity contribution in [2.45, 2.75) is 16.2 Å². The summed E-state index contributed by atoms with van der Waals surface area (Å²) >= 11 is 3.97. The number of nitrogens with one attached hydrogen (secondary N) is 1. The summed E-state index contributed by atoms with van der Waals surface area (Å²) in [7, 11) is -2.03. The standard InChI is InChI=1S/C20H24IN3O3S2.ClH/c1-27-19-4-3-15(12-18(19)23-9-6-22-7-10-23)29(25,26)24-8-5-14-11-20(28-2)16(21)13-17(14)24;/h3-4,11-13,22H,5-10H2,1-2H3;1H. The van der Waals surface area contributed by atoms with Crippen molar-refractivity contribution in [3.63, 3.8) is 0 Å². The van der Waals surface area contributed by atoms with Gasteiger partial charge in [-0.15, -0.1) is 24.2 Å². The number of sulfonamides is 1. The topological polar surface area (TPSA) is 61.9 Å². The van der Waals surface area contributed by atoms with Gasteiger partial charge in [0.05, 0.1) is 23.4 Å². The number of halogens is 2. The van der Waals surface area contributed by atoms with Crippen molar-refractivity contribution in [2.24, 2.45) is 0 Å². The third-order valence-corrected chi connectivity index (χ3v) is 9.25. The van der Waals surface area contributed by atoms with Crippen LogP contribution < -0.4 is 19.3 Å². The highest BCUT2D eigenvalue weighted by Gasteiger charge is 2.32. The van der Waals surface area contributed by atoms with Crippen LogP contribution in [0.1, 0.15) is 5.56 Å². The number of hydrogen-bond donors (Lipinski definition) is 1. The molecule has 164 valence electrons. The second-order valence-electron chi connectivity index (χ2n) is 7.01. The van der Waals surface area contributed by atoms with E-state index in [0.717, 1.165) is 53.1 Å². The number of methoxy groups -OCH3 is 1. The molecule has 0 aromatic heterocycles. The Morgan fingerprint density at radius 2 is 1.83 bits per heavy atom. The van der Waals surface area contributed by atoms with E-state index in [-0.39, 0.29) is 12.4 Å². The van der Waals surface area contributed by atoms with Crippen LogP contribution in [0.4, 0.5) is 11.4 Å². The first kappa shape index (κ1) is 23.8. The molecule has 0 bridgehead atoms. The Balaban J connectivity index is 0.00000256. The third kappa shape index (κ3) is 4.36. The summed E-state index contributed by atoms with van der Waals surface area (Å²) < 4.78 is 35.2. The van der Waals surface area contributed by atoms with Gasteiger partial charge in [-0.25, -0.2) is 8.42 Å². The Kier molecular flexibility index (Phi) is 7.71. The number of thioether (sulfide) groups is 1. The average Bonchev–Trinajstić information content (AvgIpc) is 3.16. The Bertz CT molecular complexity index is 1030. The van der Waals surface area contributed by atoms with Gasteiger partial charge in [-0.1, -0.05) is 0 Å². The van der Waals surface area contributed by atoms with E-state index in [1.165, 1.54) is 4.90 Å². The lowest BCUT2D eigenvalue weighted by Crippen LogP contribution is -2.43. The molecule has 0 saturated carbocycles. The maximum absolute atomic E-state index is 13.5. The molecule has 0 unspecified atom stereocenters. The van der Waals surface area contributed by atoms with E-state index < -0.39 is 10.0 Å². The van der Waals surface area contributed by atoms with E-state index >= 15 is 0 Å². The Labute approximate surface area is 202 Å². The van der Waals surface area contributed by atoms with Crippen molar-refractivity contribution < 1.29 is 13.2 Å². The quantitative estimate of drug-likeness (QED) is 0.430. The van der Waals surface area contributed by atoms with Gasteiger partial charge >= 0.3 is 0 Å². The van der Waals surface area contributed by atoms with Crippen LogP contribution in [0.3, 0.4) is 0 Å². The molecule has 2 aromatic rings. The number of benzene rings is 2. The predicted octanol–water partition coefficient (Wildman–Crippen LogP) is 3.60. The van der Waals surface area contributed by atoms with Gasteiger partial charge in [0.25, 0.3) is 10.0 Å². The van der Waals surface area contributed by atoms with Gasteiger partial charge in [0.2, 0.25) is 0 Å². The van der Waals surface area contributed by atoms with Crippen molar-refractivity contribution in [3.05, 3.63) is 39.5 Å². The summed E-state index contributed by atoms with van der Waals surface area (Å²) in [6, 6.07) is 9.30. The number of hydrogen-bond acceptors (Lipinski definition) is 6. The van der Waals surface area contributed by atoms with Gasteiger partial charge in [0.15, 0.2) is 0 Å². The van der Waals surface area contributed by atoms with Crippen molar-refractivity contribution in [2.75, 3.05) is 55.3 Å². The molecule has 2 aromatic carbocycles. The molecular formula is C20H25ClIN3O3S2. The fraction of sp³-hybridized carbons (Fsp3) is 0.400. The molecule has 6 nitrogen and oxygen atoms in total. The SMILES string of the molecule is COc1ccc(S(=O)(=O)N2CCc3cc(SC)c(I)cc32)cc1N1CCNCC1.Cl. The molecule has 0 aliphatic carbocycles. The van der Waals surface area contributed by atoms with Gasteiger partial charge in [-0.05, 0) is 71.2 Å². The van der Waals surface area contributed by atoms with E-state index in [9.17, 15) is 8.42 Å². The van der Waals surface area contributed by atoms with Gasteiger partial charge in [0.1, 0.15) is 5.75 Å². The lowest BCUT2D eigenvalue weighted by molar-refractivity contribution is 0.412. The molecular weight excluding hydrogens is 557 g/mol. The number of ether oxygens (including phenoxy) is 1. The van der Waals surface area contributed by atoms with E-state index in [1.54, 1.807) is 41.4 Å². The lowest BCUT2D eigenvalue weighted by Gasteiger charge is -2.31. The van der Waals surface area contributed by atoms with E-state index in [0.29, 0.717) is 17.2 Å². The fourth-order valence-corrected chi connectivity index (χ4v) is 7.02. The van der Waals surface area contributed by atoms with Crippen LogP contribution in [0.25, 0.3) is 0 Å². The highest BCUT2D eigenvalue weighted by molar-refractivity contribution is 14.1. The summed E-state index contributed by atoms with van der Waals surface area (Å²) in [6.45, 7) is 3.86. The van der Waals surface area contributed by atoms with Crippen LogP contribution in [-0.2, 0) is 16.4 Å². The fourth-order valence-electron chi connectivity index (χ4n) is 3.88. The number of piperazine rings is 1. The number of anilines is 2. The zero-order valence-corrected chi connectivity index (χ0v) is 21.5. The summed E-state index contributed by atoms with van der Waals surface area (Å²) in [6.07, 6.45) is 2.78.